The van der Waals surface area contributed by atoms with E-state index >= 15 is 0 Å². The molecule has 0 aromatic heterocycles. The van der Waals surface area contributed by atoms with E-state index in [4.69, 9.17) is 6.57 Å². The number of carbonyl (C=O) groups is 1. The largest absolute Gasteiger partial charge is 0.273 e. The second-order valence-electron chi connectivity index (χ2n) is 6.23. The molecule has 3 atom stereocenters. The molecule has 3 rings (SSSR count). The van der Waals surface area contributed by atoms with Crippen LogP contribution in [0.25, 0.3) is 4.85 Å². The quantitative estimate of drug-likeness (QED) is 0.785. The maximum Gasteiger partial charge on any atom is 0.247 e. The molecule has 0 aliphatic carbocycles. The number of rotatable bonds is 2. The molecular weight excluding hydrogens is 288 g/mol. The van der Waals surface area contributed by atoms with Crippen LogP contribution in [0.1, 0.15) is 31.9 Å². The van der Waals surface area contributed by atoms with Gasteiger partial charge in [-0.1, -0.05) is 6.07 Å². The molecular formula is C16H17F2N3O. The maximum absolute atomic E-state index is 13.9. The Bertz CT molecular complexity index is 670. The zero-order valence-electron chi connectivity index (χ0n) is 12.5. The SMILES string of the molecule is [C-]#[N+]c1cc(F)cc([C@@H]2CCN3CC(C)(C(C)F)C(=O)N23)c1. The predicted octanol–water partition coefficient (Wildman–Crippen LogP) is 3.24. The first-order valence-corrected chi connectivity index (χ1v) is 7.27. The molecule has 2 heterocycles. The molecule has 2 fully saturated rings. The summed E-state index contributed by atoms with van der Waals surface area (Å²) in [6.45, 7) is 11.0. The predicted molar refractivity (Wildman–Crippen MR) is 77.1 cm³/mol. The van der Waals surface area contributed by atoms with Crippen LogP contribution in [0.15, 0.2) is 18.2 Å². The van der Waals surface area contributed by atoms with Gasteiger partial charge in [-0.3, -0.25) is 9.80 Å². The Labute approximate surface area is 128 Å². The summed E-state index contributed by atoms with van der Waals surface area (Å²) in [7, 11) is 0. The van der Waals surface area contributed by atoms with Crippen molar-refractivity contribution in [3.63, 3.8) is 0 Å². The summed E-state index contributed by atoms with van der Waals surface area (Å²) in [4.78, 5) is 15.9. The fraction of sp³-hybridized carbons (Fsp3) is 0.500. The Hall–Kier alpha value is -2.00. The summed E-state index contributed by atoms with van der Waals surface area (Å²) >= 11 is 0. The van der Waals surface area contributed by atoms with Crippen molar-refractivity contribution in [3.8, 4) is 0 Å². The molecule has 0 spiro atoms. The molecule has 4 nitrogen and oxygen atoms in total. The minimum absolute atomic E-state index is 0.210. The first-order valence-electron chi connectivity index (χ1n) is 7.27. The Balaban J connectivity index is 1.97. The van der Waals surface area contributed by atoms with Gasteiger partial charge in [-0.05, 0) is 38.0 Å². The van der Waals surface area contributed by atoms with Crippen LogP contribution < -0.4 is 0 Å². The lowest BCUT2D eigenvalue weighted by Gasteiger charge is -2.27. The molecule has 2 saturated heterocycles. The van der Waals surface area contributed by atoms with E-state index in [2.05, 4.69) is 4.85 Å². The molecule has 22 heavy (non-hydrogen) atoms. The van der Waals surface area contributed by atoms with Gasteiger partial charge in [0.2, 0.25) is 5.91 Å². The van der Waals surface area contributed by atoms with Crippen molar-refractivity contribution in [2.24, 2.45) is 5.41 Å². The van der Waals surface area contributed by atoms with Crippen molar-refractivity contribution < 1.29 is 13.6 Å². The molecule has 1 aromatic carbocycles. The Morgan fingerprint density at radius 1 is 1.45 bits per heavy atom. The average Bonchev–Trinajstić information content (AvgIpc) is 2.98. The molecule has 0 bridgehead atoms. The fourth-order valence-electron chi connectivity index (χ4n) is 3.29. The zero-order chi connectivity index (χ0) is 16.1. The topological polar surface area (TPSA) is 27.9 Å². The molecule has 1 aromatic rings. The Kier molecular flexibility index (Phi) is 3.41. The molecule has 2 aliphatic rings. The van der Waals surface area contributed by atoms with Crippen LogP contribution in [-0.2, 0) is 4.79 Å². The van der Waals surface area contributed by atoms with Crippen LogP contribution in [0, 0.1) is 17.8 Å². The number of hydrogen-bond acceptors (Lipinski definition) is 2. The second kappa shape index (κ2) is 5.03. The van der Waals surface area contributed by atoms with Gasteiger partial charge >= 0.3 is 0 Å². The van der Waals surface area contributed by atoms with Gasteiger partial charge in [-0.15, -0.1) is 0 Å². The van der Waals surface area contributed by atoms with E-state index in [0.717, 1.165) is 0 Å². The van der Waals surface area contributed by atoms with Crippen LogP contribution >= 0.6 is 0 Å². The Morgan fingerprint density at radius 3 is 2.82 bits per heavy atom. The lowest BCUT2D eigenvalue weighted by Crippen LogP contribution is -2.39. The number of alkyl halides is 1. The van der Waals surface area contributed by atoms with Crippen molar-refractivity contribution >= 4 is 11.6 Å². The molecule has 1 amide bonds. The monoisotopic (exact) mass is 305 g/mol. The normalized spacial score (nSPS) is 29.5. The molecule has 6 heteroatoms. The van der Waals surface area contributed by atoms with Crippen LogP contribution in [0.2, 0.25) is 0 Å². The van der Waals surface area contributed by atoms with Gasteiger partial charge < -0.3 is 0 Å². The second-order valence-corrected chi connectivity index (χ2v) is 6.23. The average molecular weight is 305 g/mol. The van der Waals surface area contributed by atoms with Crippen LogP contribution in [-0.4, -0.2) is 35.2 Å². The number of fused-ring (bicyclic) bond motifs is 1. The lowest BCUT2D eigenvalue weighted by atomic mass is 9.85. The summed E-state index contributed by atoms with van der Waals surface area (Å²) in [5.41, 5.74) is -0.256. The van der Waals surface area contributed by atoms with Crippen molar-refractivity contribution in [2.75, 3.05) is 13.1 Å². The number of hydrazine groups is 1. The summed E-state index contributed by atoms with van der Waals surface area (Å²) in [5.74, 6) is -0.756. The molecule has 2 unspecified atom stereocenters. The number of benzene rings is 1. The third-order valence-corrected chi connectivity index (χ3v) is 4.76. The van der Waals surface area contributed by atoms with E-state index < -0.39 is 17.4 Å². The van der Waals surface area contributed by atoms with Crippen molar-refractivity contribution in [1.29, 1.82) is 0 Å². The van der Waals surface area contributed by atoms with E-state index in [9.17, 15) is 13.6 Å². The molecule has 0 radical (unpaired) electrons. The van der Waals surface area contributed by atoms with Crippen molar-refractivity contribution in [2.45, 2.75) is 32.5 Å². The zero-order valence-corrected chi connectivity index (χ0v) is 12.5. The van der Waals surface area contributed by atoms with E-state index in [1.165, 1.54) is 19.1 Å². The number of amides is 1. The highest BCUT2D eigenvalue weighted by atomic mass is 19.1. The fourth-order valence-corrected chi connectivity index (χ4v) is 3.29. The third kappa shape index (κ3) is 2.08. The summed E-state index contributed by atoms with van der Waals surface area (Å²) in [5, 5.41) is 3.39. The lowest BCUT2D eigenvalue weighted by molar-refractivity contribution is -0.144. The van der Waals surface area contributed by atoms with Crippen LogP contribution in [0.5, 0.6) is 0 Å². The molecule has 116 valence electrons. The third-order valence-electron chi connectivity index (χ3n) is 4.76. The van der Waals surface area contributed by atoms with Crippen LogP contribution in [0.3, 0.4) is 0 Å². The van der Waals surface area contributed by atoms with Gasteiger partial charge in [0, 0.05) is 13.1 Å². The van der Waals surface area contributed by atoms with E-state index in [1.54, 1.807) is 18.0 Å². The van der Waals surface area contributed by atoms with E-state index in [0.29, 0.717) is 25.1 Å². The highest BCUT2D eigenvalue weighted by molar-refractivity contribution is 5.85. The van der Waals surface area contributed by atoms with Crippen molar-refractivity contribution in [1.82, 2.24) is 10.0 Å². The van der Waals surface area contributed by atoms with Gasteiger partial charge in [0.25, 0.3) is 0 Å². The smallest absolute Gasteiger partial charge is 0.247 e. The van der Waals surface area contributed by atoms with Crippen LogP contribution in [0.4, 0.5) is 14.5 Å². The van der Waals surface area contributed by atoms with Crippen molar-refractivity contribution in [3.05, 3.63) is 41.0 Å². The molecule has 0 saturated carbocycles. The minimum atomic E-state index is -1.25. The highest BCUT2D eigenvalue weighted by Gasteiger charge is 2.55. The number of halogens is 2. The maximum atomic E-state index is 13.9. The Morgan fingerprint density at radius 2 is 2.18 bits per heavy atom. The highest BCUT2D eigenvalue weighted by Crippen LogP contribution is 2.45. The summed E-state index contributed by atoms with van der Waals surface area (Å²) < 4.78 is 27.6. The molecule has 2 aliphatic heterocycles. The number of hydrogen-bond donors (Lipinski definition) is 0. The first kappa shape index (κ1) is 14.9. The standard InChI is InChI=1S/C16H17F2N3O/c1-10(17)16(2)9-20-5-4-14(21(20)15(16)22)11-6-12(18)8-13(7-11)19-3/h6-8,10,14H,4-5,9H2,1-2H3/t10?,14-,16?/m0/s1. The van der Waals surface area contributed by atoms with E-state index in [-0.39, 0.29) is 17.6 Å². The van der Waals surface area contributed by atoms with Gasteiger partial charge in [0.1, 0.15) is 12.0 Å². The van der Waals surface area contributed by atoms with Gasteiger partial charge in [0.05, 0.1) is 18.0 Å². The van der Waals surface area contributed by atoms with Gasteiger partial charge in [0.15, 0.2) is 5.69 Å². The summed E-state index contributed by atoms with van der Waals surface area (Å²) in [6.07, 6.45) is -0.596. The van der Waals surface area contributed by atoms with Gasteiger partial charge in [-0.25, -0.2) is 18.6 Å². The van der Waals surface area contributed by atoms with Gasteiger partial charge in [-0.2, -0.15) is 0 Å². The number of nitrogens with zero attached hydrogens (tertiary/aromatic N) is 3. The number of carbonyl (C=O) groups excluding carboxylic acids is 1. The first-order chi connectivity index (χ1) is 10.4. The molecule has 0 N–H and O–H groups in total. The van der Waals surface area contributed by atoms with E-state index in [1.807, 2.05) is 5.01 Å². The summed E-state index contributed by atoms with van der Waals surface area (Å²) in [6, 6.07) is 3.80. The minimum Gasteiger partial charge on any atom is -0.273 e.